The molecule has 0 unspecified atom stereocenters. The van der Waals surface area contributed by atoms with E-state index in [1.54, 1.807) is 19.9 Å². The van der Waals surface area contributed by atoms with Crippen LogP contribution >= 0.6 is 0 Å². The van der Waals surface area contributed by atoms with Gasteiger partial charge in [0.05, 0.1) is 12.0 Å². The first-order valence-electron chi connectivity index (χ1n) is 9.54. The van der Waals surface area contributed by atoms with Gasteiger partial charge >= 0.3 is 17.8 Å². The lowest BCUT2D eigenvalue weighted by Crippen LogP contribution is -2.31. The Morgan fingerprint density at radius 2 is 1.94 bits per heavy atom. The number of likely N-dealkylation sites (N-methyl/N-ethyl adjacent to an activating group) is 1. The fourth-order valence-corrected chi connectivity index (χ4v) is 2.82. The SMILES string of the molecule is CCN(CC)C(=O)C(C#N)=Cc1cc(OC(=O)OC2(C(=O)OC)CC2)c(O)c([N+](=O)[O-])c1. The molecular formula is C20H21N3O9. The molecule has 0 spiro atoms. The molecule has 1 N–H and O–H groups in total. The lowest BCUT2D eigenvalue weighted by Gasteiger charge is -2.17. The molecule has 0 aromatic heterocycles. The van der Waals surface area contributed by atoms with E-state index in [1.165, 1.54) is 4.90 Å². The van der Waals surface area contributed by atoms with Gasteiger partial charge < -0.3 is 24.2 Å². The molecule has 1 aromatic rings. The first-order chi connectivity index (χ1) is 15.1. The van der Waals surface area contributed by atoms with E-state index < -0.39 is 45.7 Å². The van der Waals surface area contributed by atoms with Gasteiger partial charge in [0.2, 0.25) is 11.4 Å². The van der Waals surface area contributed by atoms with Crippen molar-refractivity contribution in [1.82, 2.24) is 4.90 Å². The van der Waals surface area contributed by atoms with E-state index in [0.717, 1.165) is 25.3 Å². The van der Waals surface area contributed by atoms with E-state index in [4.69, 9.17) is 9.47 Å². The first-order valence-corrected chi connectivity index (χ1v) is 9.54. The highest BCUT2D eigenvalue weighted by molar-refractivity contribution is 6.01. The Kier molecular flexibility index (Phi) is 7.37. The first kappa shape index (κ1) is 24.1. The molecule has 0 saturated heterocycles. The van der Waals surface area contributed by atoms with Crippen molar-refractivity contribution in [3.05, 3.63) is 33.4 Å². The number of nitro benzene ring substituents is 1. The van der Waals surface area contributed by atoms with E-state index in [0.29, 0.717) is 13.1 Å². The number of hydrogen-bond acceptors (Lipinski definition) is 10. The van der Waals surface area contributed by atoms with E-state index in [2.05, 4.69) is 4.74 Å². The molecule has 0 radical (unpaired) electrons. The molecule has 170 valence electrons. The number of methoxy groups -OCH3 is 1. The third kappa shape index (κ3) is 5.12. The average Bonchev–Trinajstić information content (AvgIpc) is 3.54. The van der Waals surface area contributed by atoms with Gasteiger partial charge in [-0.2, -0.15) is 5.26 Å². The van der Waals surface area contributed by atoms with Crippen LogP contribution in [0.15, 0.2) is 17.7 Å². The Morgan fingerprint density at radius 3 is 2.41 bits per heavy atom. The normalized spacial score (nSPS) is 14.0. The van der Waals surface area contributed by atoms with Gasteiger partial charge in [-0.3, -0.25) is 14.9 Å². The molecule has 12 nitrogen and oxygen atoms in total. The summed E-state index contributed by atoms with van der Waals surface area (Å²) >= 11 is 0. The fraction of sp³-hybridized carbons (Fsp3) is 0.400. The van der Waals surface area contributed by atoms with Gasteiger partial charge in [-0.1, -0.05) is 0 Å². The van der Waals surface area contributed by atoms with Crippen molar-refractivity contribution in [2.24, 2.45) is 0 Å². The summed E-state index contributed by atoms with van der Waals surface area (Å²) in [7, 11) is 1.12. The van der Waals surface area contributed by atoms with E-state index >= 15 is 0 Å². The van der Waals surface area contributed by atoms with Crippen LogP contribution in [0.25, 0.3) is 6.08 Å². The van der Waals surface area contributed by atoms with Crippen LogP contribution in [-0.2, 0) is 19.1 Å². The van der Waals surface area contributed by atoms with Gasteiger partial charge in [0, 0.05) is 32.0 Å². The molecule has 1 aliphatic rings. The summed E-state index contributed by atoms with van der Waals surface area (Å²) in [5.74, 6) is -3.00. The van der Waals surface area contributed by atoms with Crippen LogP contribution in [0.5, 0.6) is 11.5 Å². The quantitative estimate of drug-likeness (QED) is 0.156. The number of rotatable bonds is 8. The number of nitriles is 1. The maximum absolute atomic E-state index is 12.4. The van der Waals surface area contributed by atoms with Crippen LogP contribution in [0, 0.1) is 21.4 Å². The molecule has 1 aromatic carbocycles. The van der Waals surface area contributed by atoms with Crippen molar-refractivity contribution in [2.75, 3.05) is 20.2 Å². The molecule has 1 amide bonds. The van der Waals surface area contributed by atoms with Crippen LogP contribution in [0.4, 0.5) is 10.5 Å². The Labute approximate surface area is 182 Å². The minimum Gasteiger partial charge on any atom is -0.499 e. The monoisotopic (exact) mass is 447 g/mol. The van der Waals surface area contributed by atoms with E-state index in [1.807, 2.05) is 0 Å². The van der Waals surface area contributed by atoms with Crippen molar-refractivity contribution < 1.29 is 38.6 Å². The third-order valence-corrected chi connectivity index (χ3v) is 4.72. The van der Waals surface area contributed by atoms with Gasteiger partial charge in [-0.05, 0) is 31.6 Å². The van der Waals surface area contributed by atoms with Crippen LogP contribution in [0.3, 0.4) is 0 Å². The summed E-state index contributed by atoms with van der Waals surface area (Å²) < 4.78 is 14.4. The average molecular weight is 447 g/mol. The number of ether oxygens (including phenoxy) is 3. The molecule has 2 rings (SSSR count). The van der Waals surface area contributed by atoms with Gasteiger partial charge in [0.1, 0.15) is 11.6 Å². The van der Waals surface area contributed by atoms with Crippen molar-refractivity contribution in [3.8, 4) is 17.6 Å². The molecule has 0 bridgehead atoms. The zero-order valence-corrected chi connectivity index (χ0v) is 17.6. The second kappa shape index (κ2) is 9.78. The predicted octanol–water partition coefficient (Wildman–Crippen LogP) is 2.30. The molecule has 12 heteroatoms. The Bertz CT molecular complexity index is 1020. The number of benzene rings is 1. The minimum absolute atomic E-state index is 0.0524. The van der Waals surface area contributed by atoms with Gasteiger partial charge in [0.15, 0.2) is 5.75 Å². The van der Waals surface area contributed by atoms with Crippen molar-refractivity contribution in [1.29, 1.82) is 5.26 Å². The maximum atomic E-state index is 12.4. The van der Waals surface area contributed by atoms with Gasteiger partial charge in [-0.25, -0.2) is 9.59 Å². The molecule has 1 aliphatic carbocycles. The molecule has 0 aliphatic heterocycles. The third-order valence-electron chi connectivity index (χ3n) is 4.72. The standard InChI is InChI=1S/C20H21N3O9/c1-4-22(5-2)17(25)13(11-21)8-12-9-14(23(28)29)16(24)15(10-12)31-19(27)32-20(6-7-20)18(26)30-3/h8-10,24H,4-7H2,1-3H3. The number of aromatic hydroxyl groups is 1. The van der Waals surface area contributed by atoms with Crippen LogP contribution in [0.1, 0.15) is 32.3 Å². The van der Waals surface area contributed by atoms with Crippen molar-refractivity contribution in [2.45, 2.75) is 32.3 Å². The van der Waals surface area contributed by atoms with Crippen LogP contribution in [-0.4, -0.2) is 58.8 Å². The van der Waals surface area contributed by atoms with Crippen LogP contribution < -0.4 is 4.74 Å². The largest absolute Gasteiger partial charge is 0.515 e. The number of hydrogen-bond donors (Lipinski definition) is 1. The highest BCUT2D eigenvalue weighted by Crippen LogP contribution is 2.42. The summed E-state index contributed by atoms with van der Waals surface area (Å²) in [5, 5.41) is 30.8. The lowest BCUT2D eigenvalue weighted by atomic mass is 10.1. The Morgan fingerprint density at radius 1 is 1.31 bits per heavy atom. The zero-order chi connectivity index (χ0) is 24.1. The smallest absolute Gasteiger partial charge is 0.499 e. The highest BCUT2D eigenvalue weighted by atomic mass is 16.7. The zero-order valence-electron chi connectivity index (χ0n) is 17.6. The van der Waals surface area contributed by atoms with Crippen molar-refractivity contribution in [3.63, 3.8) is 0 Å². The number of phenols is 1. The number of phenolic OH excluding ortho intramolecular Hbond substituents is 1. The van der Waals surface area contributed by atoms with Crippen LogP contribution in [0.2, 0.25) is 0 Å². The Balaban J connectivity index is 2.40. The van der Waals surface area contributed by atoms with Gasteiger partial charge in [-0.15, -0.1) is 0 Å². The van der Waals surface area contributed by atoms with Gasteiger partial charge in [0.25, 0.3) is 5.91 Å². The van der Waals surface area contributed by atoms with E-state index in [9.17, 15) is 34.9 Å². The summed E-state index contributed by atoms with van der Waals surface area (Å²) in [6.07, 6.45) is 0.103. The Hall–Kier alpha value is -4.14. The number of amides is 1. The molecule has 1 fully saturated rings. The topological polar surface area (TPSA) is 169 Å². The fourth-order valence-electron chi connectivity index (χ4n) is 2.82. The minimum atomic E-state index is -1.49. The molecular weight excluding hydrogens is 426 g/mol. The lowest BCUT2D eigenvalue weighted by molar-refractivity contribution is -0.385. The second-order valence-electron chi connectivity index (χ2n) is 6.73. The number of carbonyl (C=O) groups excluding carboxylic acids is 3. The maximum Gasteiger partial charge on any atom is 0.515 e. The molecule has 1 saturated carbocycles. The number of carbonyl (C=O) groups is 3. The molecule has 0 atom stereocenters. The van der Waals surface area contributed by atoms with E-state index in [-0.39, 0.29) is 24.0 Å². The summed E-state index contributed by atoms with van der Waals surface area (Å²) in [6, 6.07) is 3.67. The summed E-state index contributed by atoms with van der Waals surface area (Å²) in [5.41, 5.74) is -2.69. The number of nitro groups is 1. The van der Waals surface area contributed by atoms with Crippen molar-refractivity contribution >= 4 is 29.8 Å². The predicted molar refractivity (Wildman–Crippen MR) is 107 cm³/mol. The number of nitrogens with zero attached hydrogens (tertiary/aromatic N) is 3. The number of esters is 1. The summed E-state index contributed by atoms with van der Waals surface area (Å²) in [6.45, 7) is 4.12. The molecule has 0 heterocycles. The second-order valence-corrected chi connectivity index (χ2v) is 6.73. The summed E-state index contributed by atoms with van der Waals surface area (Å²) in [4.78, 5) is 48.0. The highest BCUT2D eigenvalue weighted by Gasteiger charge is 2.56. The molecule has 32 heavy (non-hydrogen) atoms.